The number of carbonyl (C=O) groups excluding carboxylic acids is 1. The first kappa shape index (κ1) is 11.4. The summed E-state index contributed by atoms with van der Waals surface area (Å²) in [5, 5.41) is 3.48. The van der Waals surface area contributed by atoms with Gasteiger partial charge in [-0.2, -0.15) is 0 Å². The summed E-state index contributed by atoms with van der Waals surface area (Å²) in [6.45, 7) is 1.74. The molecule has 0 saturated heterocycles. The molecule has 2 aromatic rings. The number of nitrogens with one attached hydrogen (secondary N) is 1. The number of pyridine rings is 1. The van der Waals surface area contributed by atoms with E-state index in [-0.39, 0.29) is 11.9 Å². The first-order chi connectivity index (χ1) is 8.13. The van der Waals surface area contributed by atoms with Crippen molar-refractivity contribution in [3.63, 3.8) is 0 Å². The van der Waals surface area contributed by atoms with Crippen LogP contribution in [0.25, 0.3) is 10.2 Å². The second kappa shape index (κ2) is 4.44. The van der Waals surface area contributed by atoms with Crippen molar-refractivity contribution in [1.82, 2.24) is 10.3 Å². The predicted octanol–water partition coefficient (Wildman–Crippen LogP) is 1.63. The Morgan fingerprint density at radius 3 is 3.12 bits per heavy atom. The molecule has 17 heavy (non-hydrogen) atoms. The number of nitrogens with two attached hydrogens (primary N) is 1. The zero-order chi connectivity index (χ0) is 12.4. The second-order valence-electron chi connectivity index (χ2n) is 3.56. The number of amides is 1. The largest absolute Gasteiger partial charge is 0.397 e. The van der Waals surface area contributed by atoms with Gasteiger partial charge in [0.1, 0.15) is 9.71 Å². The Bertz CT molecular complexity index is 612. The number of nitrogen functional groups attached to an aromatic ring is 1. The monoisotopic (exact) mass is 245 g/mol. The van der Waals surface area contributed by atoms with E-state index in [1.54, 1.807) is 19.2 Å². The molecule has 0 spiro atoms. The van der Waals surface area contributed by atoms with Crippen LogP contribution in [0.1, 0.15) is 16.6 Å². The van der Waals surface area contributed by atoms with Crippen LogP contribution in [0.5, 0.6) is 0 Å². The molecule has 0 fully saturated rings. The fourth-order valence-electron chi connectivity index (χ4n) is 1.42. The number of thiophene rings is 1. The first-order valence-electron chi connectivity index (χ1n) is 5.03. The van der Waals surface area contributed by atoms with Gasteiger partial charge in [0.05, 0.1) is 11.7 Å². The summed E-state index contributed by atoms with van der Waals surface area (Å²) in [5.41, 5.74) is 6.37. The van der Waals surface area contributed by atoms with Crippen LogP contribution >= 0.6 is 11.3 Å². The molecule has 1 atom stereocenters. The van der Waals surface area contributed by atoms with E-state index in [0.29, 0.717) is 10.6 Å². The minimum Gasteiger partial charge on any atom is -0.397 e. The number of carbonyl (C=O) groups is 1. The third kappa shape index (κ3) is 2.08. The number of hydrogen-bond donors (Lipinski definition) is 2. The highest BCUT2D eigenvalue weighted by molar-refractivity contribution is 7.21. The molecular formula is C12H11N3OS. The summed E-state index contributed by atoms with van der Waals surface area (Å²) >= 11 is 1.27. The van der Waals surface area contributed by atoms with Gasteiger partial charge < -0.3 is 11.1 Å². The number of rotatable bonds is 2. The molecule has 2 rings (SSSR count). The van der Waals surface area contributed by atoms with E-state index >= 15 is 0 Å². The summed E-state index contributed by atoms with van der Waals surface area (Å²) in [4.78, 5) is 17.3. The van der Waals surface area contributed by atoms with E-state index in [9.17, 15) is 4.79 Å². The van der Waals surface area contributed by atoms with Gasteiger partial charge in [-0.25, -0.2) is 4.98 Å². The number of terminal acetylenes is 1. The molecule has 2 heterocycles. The first-order valence-corrected chi connectivity index (χ1v) is 5.85. The topological polar surface area (TPSA) is 68.0 Å². The number of aromatic nitrogens is 1. The van der Waals surface area contributed by atoms with Crippen LogP contribution in [0, 0.1) is 12.3 Å². The summed E-state index contributed by atoms with van der Waals surface area (Å²) in [5.74, 6) is 2.18. The molecule has 5 heteroatoms. The zero-order valence-electron chi connectivity index (χ0n) is 9.23. The highest BCUT2D eigenvalue weighted by atomic mass is 32.1. The van der Waals surface area contributed by atoms with Gasteiger partial charge in [-0.15, -0.1) is 17.8 Å². The van der Waals surface area contributed by atoms with Crippen molar-refractivity contribution in [3.8, 4) is 12.3 Å². The van der Waals surface area contributed by atoms with Crippen molar-refractivity contribution in [2.24, 2.45) is 0 Å². The normalized spacial score (nSPS) is 12.0. The molecular weight excluding hydrogens is 234 g/mol. The third-order valence-electron chi connectivity index (χ3n) is 2.31. The third-order valence-corrected chi connectivity index (χ3v) is 3.44. The Morgan fingerprint density at radius 2 is 2.47 bits per heavy atom. The molecule has 0 radical (unpaired) electrons. The van der Waals surface area contributed by atoms with Gasteiger partial charge in [0, 0.05) is 11.6 Å². The molecule has 1 amide bonds. The van der Waals surface area contributed by atoms with Crippen molar-refractivity contribution in [3.05, 3.63) is 23.2 Å². The molecule has 0 aliphatic carbocycles. The number of nitrogens with zero attached hydrogens (tertiary/aromatic N) is 1. The molecule has 0 aliphatic heterocycles. The van der Waals surface area contributed by atoms with Gasteiger partial charge in [-0.3, -0.25) is 4.79 Å². The smallest absolute Gasteiger partial charge is 0.264 e. The Morgan fingerprint density at radius 1 is 1.71 bits per heavy atom. The Balaban J connectivity index is 2.40. The fraction of sp³-hybridized carbons (Fsp3) is 0.167. The van der Waals surface area contributed by atoms with Crippen LogP contribution in [0.3, 0.4) is 0 Å². The van der Waals surface area contributed by atoms with Crippen molar-refractivity contribution in [1.29, 1.82) is 0 Å². The average Bonchev–Trinajstić information content (AvgIpc) is 2.67. The molecule has 0 aliphatic rings. The summed E-state index contributed by atoms with van der Waals surface area (Å²) in [7, 11) is 0. The Labute approximate surface area is 103 Å². The molecule has 86 valence electrons. The predicted molar refractivity (Wildman–Crippen MR) is 69.8 cm³/mol. The van der Waals surface area contributed by atoms with E-state index < -0.39 is 0 Å². The van der Waals surface area contributed by atoms with Crippen molar-refractivity contribution >= 4 is 33.1 Å². The van der Waals surface area contributed by atoms with Gasteiger partial charge in [0.25, 0.3) is 5.91 Å². The highest BCUT2D eigenvalue weighted by Crippen LogP contribution is 2.31. The summed E-state index contributed by atoms with van der Waals surface area (Å²) < 4.78 is 0. The van der Waals surface area contributed by atoms with Gasteiger partial charge in [-0.1, -0.05) is 5.92 Å². The summed E-state index contributed by atoms with van der Waals surface area (Å²) in [6.07, 6.45) is 6.88. The van der Waals surface area contributed by atoms with Crippen LogP contribution < -0.4 is 11.1 Å². The van der Waals surface area contributed by atoms with Gasteiger partial charge >= 0.3 is 0 Å². The Kier molecular flexibility index (Phi) is 2.98. The number of anilines is 1. The van der Waals surface area contributed by atoms with Crippen LogP contribution in [-0.2, 0) is 0 Å². The van der Waals surface area contributed by atoms with Gasteiger partial charge in [0.2, 0.25) is 0 Å². The second-order valence-corrected chi connectivity index (χ2v) is 4.56. The summed E-state index contributed by atoms with van der Waals surface area (Å²) in [6, 6.07) is 3.31. The van der Waals surface area contributed by atoms with E-state index in [4.69, 9.17) is 12.2 Å². The van der Waals surface area contributed by atoms with Crippen LogP contribution in [0.4, 0.5) is 5.69 Å². The molecule has 4 nitrogen and oxygen atoms in total. The lowest BCUT2D eigenvalue weighted by Crippen LogP contribution is -2.31. The molecule has 0 bridgehead atoms. The van der Waals surface area contributed by atoms with Crippen LogP contribution in [-0.4, -0.2) is 16.9 Å². The molecule has 0 saturated carbocycles. The average molecular weight is 245 g/mol. The lowest BCUT2D eigenvalue weighted by atomic mass is 10.2. The molecule has 2 aromatic heterocycles. The van der Waals surface area contributed by atoms with Gasteiger partial charge in [0.15, 0.2) is 0 Å². The quantitative estimate of drug-likeness (QED) is 0.790. The van der Waals surface area contributed by atoms with E-state index in [2.05, 4.69) is 16.2 Å². The zero-order valence-corrected chi connectivity index (χ0v) is 10.0. The highest BCUT2D eigenvalue weighted by Gasteiger charge is 2.17. The van der Waals surface area contributed by atoms with E-state index in [1.807, 2.05) is 6.07 Å². The molecule has 0 aromatic carbocycles. The van der Waals surface area contributed by atoms with Crippen molar-refractivity contribution in [2.45, 2.75) is 13.0 Å². The van der Waals surface area contributed by atoms with E-state index in [0.717, 1.165) is 10.2 Å². The Hall–Kier alpha value is -2.06. The fourth-order valence-corrected chi connectivity index (χ4v) is 2.39. The SMILES string of the molecule is C#CC(C)NC(=O)c1sc2ncccc2c1N. The van der Waals surface area contributed by atoms with Crippen molar-refractivity contribution in [2.75, 3.05) is 5.73 Å². The minimum atomic E-state index is -0.319. The lowest BCUT2D eigenvalue weighted by Gasteiger charge is -2.06. The van der Waals surface area contributed by atoms with E-state index in [1.165, 1.54) is 11.3 Å². The lowest BCUT2D eigenvalue weighted by molar-refractivity contribution is 0.0953. The minimum absolute atomic E-state index is 0.254. The molecule has 3 N–H and O–H groups in total. The van der Waals surface area contributed by atoms with Gasteiger partial charge in [-0.05, 0) is 19.1 Å². The maximum Gasteiger partial charge on any atom is 0.264 e. The number of fused-ring (bicyclic) bond motifs is 1. The van der Waals surface area contributed by atoms with Crippen LogP contribution in [0.15, 0.2) is 18.3 Å². The van der Waals surface area contributed by atoms with Crippen molar-refractivity contribution < 1.29 is 4.79 Å². The standard InChI is InChI=1S/C12H11N3OS/c1-3-7(2)15-11(16)10-9(13)8-5-4-6-14-12(8)17-10/h1,4-7H,13H2,2H3,(H,15,16). The maximum atomic E-state index is 11.9. The number of hydrogen-bond acceptors (Lipinski definition) is 4. The van der Waals surface area contributed by atoms with Crippen LogP contribution in [0.2, 0.25) is 0 Å². The maximum absolute atomic E-state index is 11.9. The molecule has 1 unspecified atom stereocenters.